The van der Waals surface area contributed by atoms with Gasteiger partial charge in [-0.3, -0.25) is 0 Å². The summed E-state index contributed by atoms with van der Waals surface area (Å²) in [6.07, 6.45) is 6.34. The van der Waals surface area contributed by atoms with Crippen LogP contribution in [0, 0.1) is 0 Å². The number of nitrogens with one attached hydrogen (secondary N) is 1. The molecule has 1 nitrogen and oxygen atoms in total. The zero-order valence-electron chi connectivity index (χ0n) is 7.28. The molecule has 1 N–H and O–H groups in total. The lowest BCUT2D eigenvalue weighted by Crippen LogP contribution is -2.15. The highest BCUT2D eigenvalue weighted by atomic mass is 14.9. The summed E-state index contributed by atoms with van der Waals surface area (Å²) in [5, 5.41) is 3.27. The van der Waals surface area contributed by atoms with Crippen LogP contribution in [0.2, 0.25) is 0 Å². The van der Waals surface area contributed by atoms with Gasteiger partial charge in [0, 0.05) is 11.4 Å². The Labute approximate surface area is 68.5 Å². The van der Waals surface area contributed by atoms with Crippen LogP contribution in [0.4, 0.5) is 0 Å². The fourth-order valence-electron chi connectivity index (χ4n) is 1.26. The van der Waals surface area contributed by atoms with Gasteiger partial charge in [0.2, 0.25) is 0 Å². The van der Waals surface area contributed by atoms with Crippen molar-refractivity contribution in [1.29, 1.82) is 0 Å². The van der Waals surface area contributed by atoms with Crippen molar-refractivity contribution in [2.45, 2.75) is 26.7 Å². The van der Waals surface area contributed by atoms with Crippen molar-refractivity contribution in [3.05, 3.63) is 35.7 Å². The Kier molecular flexibility index (Phi) is 2.53. The van der Waals surface area contributed by atoms with Gasteiger partial charge in [-0.05, 0) is 24.5 Å². The van der Waals surface area contributed by atoms with Crippen molar-refractivity contribution >= 4 is 0 Å². The van der Waals surface area contributed by atoms with Crippen LogP contribution >= 0.6 is 0 Å². The lowest BCUT2D eigenvalue weighted by molar-refractivity contribution is 0.863. The second-order valence-corrected chi connectivity index (χ2v) is 2.69. The van der Waals surface area contributed by atoms with Gasteiger partial charge < -0.3 is 5.32 Å². The third kappa shape index (κ3) is 1.73. The molecule has 1 rings (SSSR count). The van der Waals surface area contributed by atoms with E-state index in [2.05, 4.69) is 31.8 Å². The number of hydrogen-bond acceptors (Lipinski definition) is 1. The van der Waals surface area contributed by atoms with Crippen LogP contribution in [0.25, 0.3) is 0 Å². The van der Waals surface area contributed by atoms with Gasteiger partial charge in [0.1, 0.15) is 0 Å². The monoisotopic (exact) mass is 149 g/mol. The summed E-state index contributed by atoms with van der Waals surface area (Å²) in [6.45, 7) is 8.18. The first-order chi connectivity index (χ1) is 5.27. The van der Waals surface area contributed by atoms with E-state index in [0.29, 0.717) is 0 Å². The molecule has 0 atom stereocenters. The molecule has 0 spiro atoms. The van der Waals surface area contributed by atoms with Crippen molar-refractivity contribution in [1.82, 2.24) is 5.32 Å². The summed E-state index contributed by atoms with van der Waals surface area (Å²) < 4.78 is 0. The Bertz CT molecular complexity index is 221. The number of dihydropyridines is 1. The van der Waals surface area contributed by atoms with E-state index in [-0.39, 0.29) is 0 Å². The van der Waals surface area contributed by atoms with E-state index in [0.717, 1.165) is 18.5 Å². The van der Waals surface area contributed by atoms with Crippen LogP contribution in [0.5, 0.6) is 0 Å². The van der Waals surface area contributed by atoms with E-state index in [9.17, 15) is 0 Å². The van der Waals surface area contributed by atoms with Crippen molar-refractivity contribution in [3.63, 3.8) is 0 Å². The third-order valence-electron chi connectivity index (χ3n) is 1.92. The lowest BCUT2D eigenvalue weighted by Gasteiger charge is -2.17. The Hall–Kier alpha value is -0.980. The largest absolute Gasteiger partial charge is 0.359 e. The maximum atomic E-state index is 3.85. The second-order valence-electron chi connectivity index (χ2n) is 2.69. The molecule has 0 fully saturated rings. The minimum Gasteiger partial charge on any atom is -0.359 e. The zero-order valence-corrected chi connectivity index (χ0v) is 7.28. The van der Waals surface area contributed by atoms with Crippen molar-refractivity contribution in [2.24, 2.45) is 0 Å². The molecule has 0 radical (unpaired) electrons. The zero-order chi connectivity index (χ0) is 8.27. The highest BCUT2D eigenvalue weighted by Crippen LogP contribution is 2.17. The van der Waals surface area contributed by atoms with Gasteiger partial charge in [-0.25, -0.2) is 0 Å². The standard InChI is InChI=1S/C10H15N/c1-4-9-7-6-8(3)11-10(9)5-2/h6-7,11H,3-5H2,1-2H3. The number of rotatable bonds is 2. The van der Waals surface area contributed by atoms with Crippen molar-refractivity contribution in [2.75, 3.05) is 0 Å². The molecule has 0 aromatic carbocycles. The average molecular weight is 149 g/mol. The van der Waals surface area contributed by atoms with Crippen molar-refractivity contribution in [3.8, 4) is 0 Å². The molecule has 1 aliphatic rings. The lowest BCUT2D eigenvalue weighted by atomic mass is 10.1. The maximum Gasteiger partial charge on any atom is 0.0308 e. The molecule has 0 saturated carbocycles. The predicted molar refractivity (Wildman–Crippen MR) is 49.0 cm³/mol. The van der Waals surface area contributed by atoms with E-state index in [1.54, 1.807) is 0 Å². The smallest absolute Gasteiger partial charge is 0.0308 e. The van der Waals surface area contributed by atoms with Gasteiger partial charge in [0.25, 0.3) is 0 Å². The minimum atomic E-state index is 0.999. The van der Waals surface area contributed by atoms with Crippen LogP contribution < -0.4 is 5.32 Å². The fourth-order valence-corrected chi connectivity index (χ4v) is 1.26. The first kappa shape index (κ1) is 8.12. The van der Waals surface area contributed by atoms with Crippen LogP contribution in [-0.2, 0) is 0 Å². The predicted octanol–water partition coefficient (Wildman–Crippen LogP) is 2.73. The molecule has 0 bridgehead atoms. The normalized spacial score (nSPS) is 17.1. The first-order valence-electron chi connectivity index (χ1n) is 4.14. The molecule has 0 unspecified atom stereocenters. The molecule has 0 saturated heterocycles. The van der Waals surface area contributed by atoms with Crippen molar-refractivity contribution < 1.29 is 0 Å². The number of allylic oxidation sites excluding steroid dienone is 4. The third-order valence-corrected chi connectivity index (χ3v) is 1.92. The molecule has 0 aliphatic carbocycles. The summed E-state index contributed by atoms with van der Waals surface area (Å²) in [4.78, 5) is 0. The van der Waals surface area contributed by atoms with Crippen LogP contribution in [0.15, 0.2) is 35.7 Å². The molecule has 60 valence electrons. The van der Waals surface area contributed by atoms with Gasteiger partial charge in [-0.2, -0.15) is 0 Å². The van der Waals surface area contributed by atoms with Gasteiger partial charge in [-0.1, -0.05) is 26.5 Å². The molecule has 0 aromatic rings. The maximum absolute atomic E-state index is 3.85. The summed E-state index contributed by atoms with van der Waals surface area (Å²) in [5.74, 6) is 0. The molecule has 1 heterocycles. The Morgan fingerprint density at radius 1 is 1.27 bits per heavy atom. The quantitative estimate of drug-likeness (QED) is 0.636. The number of hydrogen-bond donors (Lipinski definition) is 1. The van der Waals surface area contributed by atoms with Crippen LogP contribution in [0.3, 0.4) is 0 Å². The van der Waals surface area contributed by atoms with Crippen LogP contribution in [-0.4, -0.2) is 0 Å². The summed E-state index contributed by atoms with van der Waals surface area (Å²) in [6, 6.07) is 0. The average Bonchev–Trinajstić information content (AvgIpc) is 2.04. The Balaban J connectivity index is 2.85. The second kappa shape index (κ2) is 3.42. The fraction of sp³-hybridized carbons (Fsp3) is 0.400. The minimum absolute atomic E-state index is 0.999. The Morgan fingerprint density at radius 2 is 2.00 bits per heavy atom. The highest BCUT2D eigenvalue weighted by molar-refractivity contribution is 5.36. The molecule has 0 aromatic heterocycles. The highest BCUT2D eigenvalue weighted by Gasteiger charge is 2.04. The Morgan fingerprint density at radius 3 is 2.55 bits per heavy atom. The van der Waals surface area contributed by atoms with Gasteiger partial charge >= 0.3 is 0 Å². The van der Waals surface area contributed by atoms with E-state index in [1.165, 1.54) is 11.3 Å². The summed E-state index contributed by atoms with van der Waals surface area (Å²) in [5.41, 5.74) is 3.72. The summed E-state index contributed by atoms with van der Waals surface area (Å²) >= 11 is 0. The molecule has 0 amide bonds. The molecular formula is C10H15N. The van der Waals surface area contributed by atoms with Gasteiger partial charge in [0.05, 0.1) is 0 Å². The van der Waals surface area contributed by atoms with Gasteiger partial charge in [0.15, 0.2) is 0 Å². The SMILES string of the molecule is C=C1C=CC(CC)=C(CC)N1. The van der Waals surface area contributed by atoms with E-state index < -0.39 is 0 Å². The molecular weight excluding hydrogens is 134 g/mol. The van der Waals surface area contributed by atoms with E-state index >= 15 is 0 Å². The molecule has 11 heavy (non-hydrogen) atoms. The van der Waals surface area contributed by atoms with Crippen LogP contribution in [0.1, 0.15) is 26.7 Å². The summed E-state index contributed by atoms with van der Waals surface area (Å²) in [7, 11) is 0. The first-order valence-corrected chi connectivity index (χ1v) is 4.14. The van der Waals surface area contributed by atoms with Gasteiger partial charge in [-0.15, -0.1) is 0 Å². The topological polar surface area (TPSA) is 12.0 Å². The molecule has 1 aliphatic heterocycles. The molecule has 1 heteroatoms. The van der Waals surface area contributed by atoms with E-state index in [1.807, 2.05) is 6.08 Å². The van der Waals surface area contributed by atoms with E-state index in [4.69, 9.17) is 0 Å².